The van der Waals surface area contributed by atoms with E-state index in [1.165, 1.54) is 0 Å². The zero-order chi connectivity index (χ0) is 29.6. The van der Waals surface area contributed by atoms with Crippen LogP contribution in [-0.4, -0.2) is 34.7 Å². The number of anilines is 1. The van der Waals surface area contributed by atoms with Gasteiger partial charge in [0.2, 0.25) is 0 Å². The number of amidine groups is 1. The highest BCUT2D eigenvalue weighted by Gasteiger charge is 2.22. The van der Waals surface area contributed by atoms with E-state index in [2.05, 4.69) is 22.4 Å². The number of carbonyl (C=O) groups is 1. The van der Waals surface area contributed by atoms with E-state index in [0.717, 1.165) is 65.0 Å². The van der Waals surface area contributed by atoms with E-state index >= 15 is 0 Å². The molecule has 6 rings (SSSR count). The number of pyridine rings is 1. The summed E-state index contributed by atoms with van der Waals surface area (Å²) in [6, 6.07) is 33.5. The van der Waals surface area contributed by atoms with E-state index < -0.39 is 0 Å². The summed E-state index contributed by atoms with van der Waals surface area (Å²) in [6.45, 7) is 2.03. The van der Waals surface area contributed by atoms with Crippen molar-refractivity contribution in [1.82, 2.24) is 9.88 Å². The van der Waals surface area contributed by atoms with Crippen LogP contribution in [0, 0.1) is 5.41 Å². The van der Waals surface area contributed by atoms with Crippen LogP contribution in [0.1, 0.15) is 51.5 Å². The van der Waals surface area contributed by atoms with Crippen LogP contribution in [0.2, 0.25) is 0 Å². The van der Waals surface area contributed by atoms with Gasteiger partial charge in [0.25, 0.3) is 5.91 Å². The maximum atomic E-state index is 13.1. The number of hydrogen-bond acceptors (Lipinski definition) is 5. The minimum absolute atomic E-state index is 0. The largest absolute Gasteiger partial charge is 0.489 e. The number of nitrogens with zero attached hydrogens (tertiary/aromatic N) is 2. The molecule has 0 aliphatic carbocycles. The molecule has 7 nitrogen and oxygen atoms in total. The summed E-state index contributed by atoms with van der Waals surface area (Å²) in [7, 11) is 0. The lowest BCUT2D eigenvalue weighted by Gasteiger charge is -2.25. The van der Waals surface area contributed by atoms with Crippen molar-refractivity contribution in [1.29, 1.82) is 5.41 Å². The monoisotopic (exact) mass is 605 g/mol. The maximum Gasteiger partial charge on any atom is 0.253 e. The number of rotatable bonds is 10. The second-order valence-electron chi connectivity index (χ2n) is 10.9. The van der Waals surface area contributed by atoms with Gasteiger partial charge >= 0.3 is 0 Å². The number of fused-ring (bicyclic) bond motifs is 1. The predicted octanol–water partition coefficient (Wildman–Crippen LogP) is 7.15. The lowest BCUT2D eigenvalue weighted by molar-refractivity contribution is 0.0793. The fourth-order valence-corrected chi connectivity index (χ4v) is 5.64. The van der Waals surface area contributed by atoms with Gasteiger partial charge in [0, 0.05) is 47.1 Å². The first-order chi connectivity index (χ1) is 21.0. The highest BCUT2D eigenvalue weighted by molar-refractivity contribution is 6.00. The quantitative estimate of drug-likeness (QED) is 0.116. The van der Waals surface area contributed by atoms with E-state index in [1.54, 1.807) is 6.20 Å². The molecule has 0 bridgehead atoms. The van der Waals surface area contributed by atoms with Gasteiger partial charge in [-0.2, -0.15) is 0 Å². The number of hydrogen-bond donors (Lipinski definition) is 3. The zero-order valence-electron chi connectivity index (χ0n) is 24.4. The minimum Gasteiger partial charge on any atom is -0.489 e. The number of carbonyl (C=O) groups excluding carboxylic acids is 1. The third kappa shape index (κ3) is 7.01. The summed E-state index contributed by atoms with van der Waals surface area (Å²) in [5.41, 5.74) is 12.0. The Labute approximate surface area is 264 Å². The number of nitrogens with one attached hydrogen (secondary N) is 2. The van der Waals surface area contributed by atoms with E-state index in [4.69, 9.17) is 15.9 Å². The van der Waals surface area contributed by atoms with Gasteiger partial charge in [-0.3, -0.25) is 15.2 Å². The maximum absolute atomic E-state index is 13.1. The topological polar surface area (TPSA) is 104 Å². The van der Waals surface area contributed by atoms with Crippen LogP contribution in [0.25, 0.3) is 10.9 Å². The minimum atomic E-state index is -0.219. The van der Waals surface area contributed by atoms with Crippen LogP contribution in [0.4, 0.5) is 5.69 Å². The van der Waals surface area contributed by atoms with Crippen molar-refractivity contribution in [2.75, 3.05) is 18.4 Å². The Kier molecular flexibility index (Phi) is 9.77. The lowest BCUT2D eigenvalue weighted by atomic mass is 9.95. The standard InChI is InChI=1S/C36H35N5O2.ClH/c37-35(38)27-14-16-34(43-24-26-11-5-2-6-12-26)30(22-27)33(21-25-9-3-1-4-10-25)40-31-17-18-39-32-23-28(13-15-29(31)32)36(42)41-19-7-8-20-41;/h1-6,9-18,22-23,33H,7-8,19-21,24H2,(H3,37,38)(H,39,40);1H. The highest BCUT2D eigenvalue weighted by atomic mass is 35.5. The smallest absolute Gasteiger partial charge is 0.253 e. The molecule has 1 aromatic heterocycles. The molecular weight excluding hydrogens is 570 g/mol. The van der Waals surface area contributed by atoms with Crippen LogP contribution in [0.5, 0.6) is 5.75 Å². The molecule has 0 spiro atoms. The van der Waals surface area contributed by atoms with Crippen molar-refractivity contribution in [2.45, 2.75) is 31.9 Å². The molecule has 0 saturated carbocycles. The van der Waals surface area contributed by atoms with Crippen molar-refractivity contribution in [2.24, 2.45) is 5.73 Å². The highest BCUT2D eigenvalue weighted by Crippen LogP contribution is 2.34. The molecule has 1 atom stereocenters. The van der Waals surface area contributed by atoms with E-state index in [0.29, 0.717) is 24.2 Å². The molecule has 224 valence electrons. The van der Waals surface area contributed by atoms with Gasteiger partial charge < -0.3 is 20.7 Å². The molecule has 44 heavy (non-hydrogen) atoms. The molecular formula is C36H36ClN5O2. The first-order valence-corrected chi connectivity index (χ1v) is 14.7. The van der Waals surface area contributed by atoms with Gasteiger partial charge in [-0.1, -0.05) is 60.7 Å². The van der Waals surface area contributed by atoms with Crippen molar-refractivity contribution in [3.8, 4) is 5.75 Å². The number of ether oxygens (including phenoxy) is 1. The summed E-state index contributed by atoms with van der Waals surface area (Å²) in [5, 5.41) is 12.8. The van der Waals surface area contributed by atoms with E-state index in [-0.39, 0.29) is 30.2 Å². The number of likely N-dealkylation sites (tertiary alicyclic amines) is 1. The molecule has 1 amide bonds. The van der Waals surface area contributed by atoms with Gasteiger partial charge in [0.15, 0.2) is 0 Å². The first kappa shape index (κ1) is 30.6. The molecule has 1 saturated heterocycles. The van der Waals surface area contributed by atoms with Crippen LogP contribution in [0.3, 0.4) is 0 Å². The van der Waals surface area contributed by atoms with Crippen molar-refractivity contribution in [3.05, 3.63) is 137 Å². The predicted molar refractivity (Wildman–Crippen MR) is 179 cm³/mol. The van der Waals surface area contributed by atoms with Crippen LogP contribution >= 0.6 is 12.4 Å². The third-order valence-corrected chi connectivity index (χ3v) is 7.93. The molecule has 1 aliphatic heterocycles. The van der Waals surface area contributed by atoms with Crippen LogP contribution in [-0.2, 0) is 13.0 Å². The number of aromatic nitrogens is 1. The zero-order valence-corrected chi connectivity index (χ0v) is 25.2. The number of nitrogens with two attached hydrogens (primary N) is 1. The number of nitrogen functional groups attached to an aromatic ring is 1. The fourth-order valence-electron chi connectivity index (χ4n) is 5.64. The average molecular weight is 606 g/mol. The normalized spacial score (nSPS) is 13.2. The Morgan fingerprint density at radius 1 is 0.886 bits per heavy atom. The third-order valence-electron chi connectivity index (χ3n) is 7.93. The van der Waals surface area contributed by atoms with Crippen LogP contribution < -0.4 is 15.8 Å². The Hall–Kier alpha value is -4.88. The van der Waals surface area contributed by atoms with Gasteiger partial charge in [-0.05, 0) is 72.9 Å². The lowest BCUT2D eigenvalue weighted by Crippen LogP contribution is -2.27. The summed E-state index contributed by atoms with van der Waals surface area (Å²) >= 11 is 0. The summed E-state index contributed by atoms with van der Waals surface area (Å²) in [4.78, 5) is 19.6. The Morgan fingerprint density at radius 2 is 1.57 bits per heavy atom. The van der Waals surface area contributed by atoms with Crippen molar-refractivity contribution in [3.63, 3.8) is 0 Å². The summed E-state index contributed by atoms with van der Waals surface area (Å²) in [5.74, 6) is 0.779. The Bertz CT molecular complexity index is 1740. The second kappa shape index (κ2) is 14.1. The molecule has 4 aromatic carbocycles. The van der Waals surface area contributed by atoms with Crippen molar-refractivity contribution < 1.29 is 9.53 Å². The van der Waals surface area contributed by atoms with Gasteiger partial charge in [-0.15, -0.1) is 12.4 Å². The van der Waals surface area contributed by atoms with Crippen LogP contribution in [0.15, 0.2) is 109 Å². The fraction of sp³-hybridized carbons (Fsp3) is 0.194. The molecule has 2 heterocycles. The molecule has 8 heteroatoms. The molecule has 1 unspecified atom stereocenters. The summed E-state index contributed by atoms with van der Waals surface area (Å²) < 4.78 is 6.39. The average Bonchev–Trinajstić information content (AvgIpc) is 3.59. The van der Waals surface area contributed by atoms with Gasteiger partial charge in [0.1, 0.15) is 18.2 Å². The van der Waals surface area contributed by atoms with E-state index in [1.807, 2.05) is 95.9 Å². The van der Waals surface area contributed by atoms with E-state index in [9.17, 15) is 4.79 Å². The SMILES string of the molecule is Cl.N=C(N)c1ccc(OCc2ccccc2)c(C(Cc2ccccc2)Nc2ccnc3cc(C(=O)N4CCCC4)ccc23)c1. The van der Waals surface area contributed by atoms with Crippen molar-refractivity contribution >= 4 is 40.7 Å². The summed E-state index contributed by atoms with van der Waals surface area (Å²) in [6.07, 6.45) is 4.54. The number of amides is 1. The Morgan fingerprint density at radius 3 is 2.27 bits per heavy atom. The van der Waals surface area contributed by atoms with Gasteiger partial charge in [-0.25, -0.2) is 0 Å². The number of halogens is 1. The molecule has 5 aromatic rings. The molecule has 0 radical (unpaired) electrons. The molecule has 1 aliphatic rings. The molecule has 1 fully saturated rings. The molecule has 4 N–H and O–H groups in total. The van der Waals surface area contributed by atoms with Gasteiger partial charge in [0.05, 0.1) is 11.6 Å². The second-order valence-corrected chi connectivity index (χ2v) is 10.9. The first-order valence-electron chi connectivity index (χ1n) is 14.7. The Balaban J connectivity index is 0.00000384. The number of benzene rings is 4.